The van der Waals surface area contributed by atoms with Gasteiger partial charge >= 0.3 is 0 Å². The minimum Gasteiger partial charge on any atom is -0.493 e. The third-order valence-electron chi connectivity index (χ3n) is 3.49. The van der Waals surface area contributed by atoms with Crippen LogP contribution in [0.5, 0.6) is 11.5 Å². The second-order valence-corrected chi connectivity index (χ2v) is 6.93. The van der Waals surface area contributed by atoms with Gasteiger partial charge in [0.25, 0.3) is 5.91 Å². The Morgan fingerprint density at radius 2 is 2.00 bits per heavy atom. The fourth-order valence-corrected chi connectivity index (χ4v) is 3.58. The summed E-state index contributed by atoms with van der Waals surface area (Å²) in [6.45, 7) is 2.01. The van der Waals surface area contributed by atoms with Crippen LogP contribution < -0.4 is 9.47 Å². The zero-order valence-electron chi connectivity index (χ0n) is 13.8. The molecule has 0 unspecified atom stereocenters. The zero-order valence-corrected chi connectivity index (χ0v) is 15.5. The first-order valence-corrected chi connectivity index (χ1v) is 8.65. The molecule has 0 aromatic heterocycles. The molecule has 0 aliphatic carbocycles. The average molecular weight is 365 g/mol. The molecular formula is C17H19NO4S2. The SMILES string of the molecule is COc1ccc(/C=C2\SC(=S)N(CCCC(C)=O)C2=O)cc1OC. The number of ketones is 1. The molecule has 0 spiro atoms. The monoisotopic (exact) mass is 365 g/mol. The van der Waals surface area contributed by atoms with E-state index in [4.69, 9.17) is 21.7 Å². The smallest absolute Gasteiger partial charge is 0.266 e. The van der Waals surface area contributed by atoms with E-state index in [-0.39, 0.29) is 11.7 Å². The Bertz CT molecular complexity index is 700. The van der Waals surface area contributed by atoms with Gasteiger partial charge in [0.2, 0.25) is 0 Å². The number of thiocarbonyl (C=S) groups is 1. The number of nitrogens with zero attached hydrogens (tertiary/aromatic N) is 1. The van der Waals surface area contributed by atoms with Crippen LogP contribution >= 0.6 is 24.0 Å². The Hall–Kier alpha value is -1.86. The highest BCUT2D eigenvalue weighted by Crippen LogP contribution is 2.34. The van der Waals surface area contributed by atoms with Crippen molar-refractivity contribution in [1.82, 2.24) is 4.90 Å². The van der Waals surface area contributed by atoms with Gasteiger partial charge in [-0.3, -0.25) is 9.69 Å². The highest BCUT2D eigenvalue weighted by molar-refractivity contribution is 8.26. The lowest BCUT2D eigenvalue weighted by Gasteiger charge is -2.13. The predicted octanol–water partition coefficient (Wildman–Crippen LogP) is 3.27. The summed E-state index contributed by atoms with van der Waals surface area (Å²) in [6, 6.07) is 5.45. The van der Waals surface area contributed by atoms with E-state index in [1.165, 1.54) is 11.8 Å². The highest BCUT2D eigenvalue weighted by atomic mass is 32.2. The number of Topliss-reactive ketones (excluding diaryl/α,β-unsaturated/α-hetero) is 1. The summed E-state index contributed by atoms with van der Waals surface area (Å²) in [5, 5.41) is 0. The van der Waals surface area contributed by atoms with Crippen LogP contribution in [-0.2, 0) is 9.59 Å². The van der Waals surface area contributed by atoms with Crippen molar-refractivity contribution >= 4 is 46.1 Å². The van der Waals surface area contributed by atoms with E-state index in [0.29, 0.717) is 40.1 Å². The Kier molecular flexibility index (Phi) is 6.39. The lowest BCUT2D eigenvalue weighted by molar-refractivity contribution is -0.123. The fourth-order valence-electron chi connectivity index (χ4n) is 2.27. The lowest BCUT2D eigenvalue weighted by Crippen LogP contribution is -2.29. The van der Waals surface area contributed by atoms with Gasteiger partial charge in [-0.15, -0.1) is 0 Å². The Balaban J connectivity index is 2.14. The van der Waals surface area contributed by atoms with Gasteiger partial charge in [0, 0.05) is 13.0 Å². The van der Waals surface area contributed by atoms with Crippen LogP contribution in [0.3, 0.4) is 0 Å². The first-order chi connectivity index (χ1) is 11.5. The molecule has 128 valence electrons. The highest BCUT2D eigenvalue weighted by Gasteiger charge is 2.31. The first-order valence-electron chi connectivity index (χ1n) is 7.43. The summed E-state index contributed by atoms with van der Waals surface area (Å²) in [4.78, 5) is 25.6. The number of rotatable bonds is 7. The van der Waals surface area contributed by atoms with E-state index in [9.17, 15) is 9.59 Å². The van der Waals surface area contributed by atoms with Crippen molar-refractivity contribution in [2.24, 2.45) is 0 Å². The fraction of sp³-hybridized carbons (Fsp3) is 0.353. The maximum Gasteiger partial charge on any atom is 0.266 e. The van der Waals surface area contributed by atoms with Crippen LogP contribution in [0.25, 0.3) is 6.08 Å². The van der Waals surface area contributed by atoms with Gasteiger partial charge in [-0.2, -0.15) is 0 Å². The van der Waals surface area contributed by atoms with Crippen LogP contribution in [-0.4, -0.2) is 41.7 Å². The van der Waals surface area contributed by atoms with Crippen molar-refractivity contribution in [2.75, 3.05) is 20.8 Å². The topological polar surface area (TPSA) is 55.8 Å². The van der Waals surface area contributed by atoms with E-state index in [2.05, 4.69) is 0 Å². The number of carbonyl (C=O) groups is 2. The van der Waals surface area contributed by atoms with Crippen LogP contribution in [0.1, 0.15) is 25.3 Å². The Morgan fingerprint density at radius 1 is 1.29 bits per heavy atom. The minimum absolute atomic E-state index is 0.112. The van der Waals surface area contributed by atoms with Crippen LogP contribution in [0.4, 0.5) is 0 Å². The molecule has 1 amide bonds. The second kappa shape index (κ2) is 8.30. The standard InChI is InChI=1S/C17H19NO4S2/c1-11(19)5-4-8-18-16(20)15(24-17(18)23)10-12-6-7-13(21-2)14(9-12)22-3/h6-7,9-10H,4-5,8H2,1-3H3/b15-10-. The lowest BCUT2D eigenvalue weighted by atomic mass is 10.2. The molecule has 0 radical (unpaired) electrons. The molecule has 7 heteroatoms. The van der Waals surface area contributed by atoms with Gasteiger partial charge in [-0.05, 0) is 37.1 Å². The molecule has 1 aliphatic heterocycles. The molecule has 24 heavy (non-hydrogen) atoms. The molecule has 1 saturated heterocycles. The van der Waals surface area contributed by atoms with Crippen LogP contribution in [0.15, 0.2) is 23.1 Å². The van der Waals surface area contributed by atoms with E-state index < -0.39 is 0 Å². The molecule has 1 aliphatic rings. The summed E-state index contributed by atoms with van der Waals surface area (Å²) in [6.07, 6.45) is 2.85. The molecule has 0 saturated carbocycles. The first kappa shape index (κ1) is 18.5. The molecule has 2 rings (SSSR count). The van der Waals surface area contributed by atoms with Gasteiger partial charge in [0.05, 0.1) is 19.1 Å². The molecule has 5 nitrogen and oxygen atoms in total. The summed E-state index contributed by atoms with van der Waals surface area (Å²) in [5.41, 5.74) is 0.830. The number of methoxy groups -OCH3 is 2. The largest absolute Gasteiger partial charge is 0.493 e. The van der Waals surface area contributed by atoms with Crippen molar-refractivity contribution in [3.05, 3.63) is 28.7 Å². The molecule has 0 atom stereocenters. The third-order valence-corrected chi connectivity index (χ3v) is 4.87. The zero-order chi connectivity index (χ0) is 17.7. The molecule has 1 heterocycles. The number of hydrogen-bond donors (Lipinski definition) is 0. The Labute approximate surface area is 151 Å². The van der Waals surface area contributed by atoms with Crippen molar-refractivity contribution in [3.63, 3.8) is 0 Å². The van der Waals surface area contributed by atoms with Crippen molar-refractivity contribution in [2.45, 2.75) is 19.8 Å². The van der Waals surface area contributed by atoms with Gasteiger partial charge < -0.3 is 14.3 Å². The number of amides is 1. The summed E-state index contributed by atoms with van der Waals surface area (Å²) >= 11 is 6.55. The van der Waals surface area contributed by atoms with Gasteiger partial charge in [0.1, 0.15) is 10.1 Å². The second-order valence-electron chi connectivity index (χ2n) is 5.25. The molecule has 1 aromatic carbocycles. The average Bonchev–Trinajstić information content (AvgIpc) is 2.81. The molecule has 1 fully saturated rings. The van der Waals surface area contributed by atoms with E-state index >= 15 is 0 Å². The predicted molar refractivity (Wildman–Crippen MR) is 99.3 cm³/mol. The van der Waals surface area contributed by atoms with Crippen LogP contribution in [0, 0.1) is 0 Å². The summed E-state index contributed by atoms with van der Waals surface area (Å²) < 4.78 is 11.0. The number of thioether (sulfide) groups is 1. The molecule has 1 aromatic rings. The van der Waals surface area contributed by atoms with E-state index in [0.717, 1.165) is 5.56 Å². The number of hydrogen-bond acceptors (Lipinski definition) is 6. The van der Waals surface area contributed by atoms with Crippen molar-refractivity contribution in [3.8, 4) is 11.5 Å². The molecular weight excluding hydrogens is 346 g/mol. The number of ether oxygens (including phenoxy) is 2. The number of benzene rings is 1. The summed E-state index contributed by atoms with van der Waals surface area (Å²) in [7, 11) is 3.14. The Morgan fingerprint density at radius 3 is 2.62 bits per heavy atom. The van der Waals surface area contributed by atoms with Crippen molar-refractivity contribution in [1.29, 1.82) is 0 Å². The third kappa shape index (κ3) is 4.36. The van der Waals surface area contributed by atoms with Gasteiger partial charge in [-0.25, -0.2) is 0 Å². The normalized spacial score (nSPS) is 16.0. The van der Waals surface area contributed by atoms with Crippen LogP contribution in [0.2, 0.25) is 0 Å². The van der Waals surface area contributed by atoms with Gasteiger partial charge in [-0.1, -0.05) is 30.0 Å². The van der Waals surface area contributed by atoms with E-state index in [1.807, 2.05) is 6.07 Å². The minimum atomic E-state index is -0.122. The molecule has 0 N–H and O–H groups in total. The van der Waals surface area contributed by atoms with Crippen molar-refractivity contribution < 1.29 is 19.1 Å². The number of carbonyl (C=O) groups excluding carboxylic acids is 2. The maximum atomic E-state index is 12.5. The van der Waals surface area contributed by atoms with E-state index in [1.54, 1.807) is 44.3 Å². The summed E-state index contributed by atoms with van der Waals surface area (Å²) in [5.74, 6) is 1.22. The maximum absolute atomic E-state index is 12.5. The molecule has 0 bridgehead atoms. The van der Waals surface area contributed by atoms with Gasteiger partial charge in [0.15, 0.2) is 11.5 Å². The quantitative estimate of drug-likeness (QED) is 0.546.